The van der Waals surface area contributed by atoms with Gasteiger partial charge in [-0.25, -0.2) is 0 Å². The highest BCUT2D eigenvalue weighted by Gasteiger charge is 2.06. The molecule has 2 aromatic carbocycles. The van der Waals surface area contributed by atoms with E-state index in [0.29, 0.717) is 0 Å². The summed E-state index contributed by atoms with van der Waals surface area (Å²) < 4.78 is 1.10. The number of nitrogens with zero attached hydrogens (tertiary/aromatic N) is 1. The third-order valence-corrected chi connectivity index (χ3v) is 3.67. The number of fused-ring (bicyclic) bond motifs is 1. The van der Waals surface area contributed by atoms with E-state index < -0.39 is 0 Å². The number of aromatic nitrogens is 2. The normalized spacial score (nSPS) is 12.5. The Bertz CT molecular complexity index is 692. The molecule has 96 valence electrons. The van der Waals surface area contributed by atoms with Gasteiger partial charge in [-0.05, 0) is 48.0 Å². The van der Waals surface area contributed by atoms with Crippen LogP contribution in [-0.2, 0) is 0 Å². The van der Waals surface area contributed by atoms with Crippen molar-refractivity contribution in [3.8, 4) is 0 Å². The monoisotopic (exact) mass is 315 g/mol. The highest BCUT2D eigenvalue weighted by atomic mass is 79.9. The van der Waals surface area contributed by atoms with Crippen molar-refractivity contribution in [1.82, 2.24) is 10.2 Å². The van der Waals surface area contributed by atoms with E-state index in [1.54, 1.807) is 6.20 Å². The minimum absolute atomic E-state index is 0.204. The van der Waals surface area contributed by atoms with E-state index in [9.17, 15) is 0 Å². The second-order valence-electron chi connectivity index (χ2n) is 4.58. The molecule has 1 heterocycles. The third-order valence-electron chi connectivity index (χ3n) is 3.17. The average Bonchev–Trinajstić information content (AvgIpc) is 2.93. The first-order valence-electron chi connectivity index (χ1n) is 6.17. The van der Waals surface area contributed by atoms with E-state index in [1.807, 2.05) is 6.07 Å². The fraction of sp³-hybridized carbons (Fsp3) is 0.133. The Morgan fingerprint density at radius 3 is 2.68 bits per heavy atom. The van der Waals surface area contributed by atoms with Crippen LogP contribution in [0.4, 0.5) is 5.69 Å². The Morgan fingerprint density at radius 2 is 1.89 bits per heavy atom. The van der Waals surface area contributed by atoms with Crippen LogP contribution in [0.1, 0.15) is 18.7 Å². The fourth-order valence-electron chi connectivity index (χ4n) is 2.14. The van der Waals surface area contributed by atoms with E-state index in [0.717, 1.165) is 15.9 Å². The molecule has 1 atom stereocenters. The van der Waals surface area contributed by atoms with Gasteiger partial charge in [-0.15, -0.1) is 0 Å². The molecule has 3 aromatic rings. The fourth-order valence-corrected chi connectivity index (χ4v) is 2.52. The van der Waals surface area contributed by atoms with Gasteiger partial charge in [-0.2, -0.15) is 5.10 Å². The van der Waals surface area contributed by atoms with Gasteiger partial charge in [0, 0.05) is 16.4 Å². The topological polar surface area (TPSA) is 40.7 Å². The van der Waals surface area contributed by atoms with Crippen molar-refractivity contribution in [3.63, 3.8) is 0 Å². The molecular formula is C15H14BrN3. The van der Waals surface area contributed by atoms with Crippen molar-refractivity contribution in [2.75, 3.05) is 5.32 Å². The lowest BCUT2D eigenvalue weighted by molar-refractivity contribution is 0.826. The maximum atomic E-state index is 3.97. The molecule has 3 rings (SSSR count). The highest BCUT2D eigenvalue weighted by molar-refractivity contribution is 9.10. The molecule has 0 fully saturated rings. The number of hydrogen-bond acceptors (Lipinski definition) is 2. The summed E-state index contributed by atoms with van der Waals surface area (Å²) >= 11 is 3.49. The number of anilines is 1. The van der Waals surface area contributed by atoms with E-state index in [2.05, 4.69) is 74.8 Å². The van der Waals surface area contributed by atoms with Crippen LogP contribution in [0.25, 0.3) is 10.8 Å². The van der Waals surface area contributed by atoms with Gasteiger partial charge in [0.05, 0.1) is 11.7 Å². The molecule has 0 aliphatic rings. The van der Waals surface area contributed by atoms with E-state index >= 15 is 0 Å². The van der Waals surface area contributed by atoms with Gasteiger partial charge < -0.3 is 5.32 Å². The maximum absolute atomic E-state index is 3.97. The van der Waals surface area contributed by atoms with Crippen molar-refractivity contribution in [2.45, 2.75) is 13.0 Å². The molecule has 0 aliphatic carbocycles. The summed E-state index contributed by atoms with van der Waals surface area (Å²) in [5, 5.41) is 12.9. The molecule has 0 saturated carbocycles. The van der Waals surface area contributed by atoms with E-state index in [4.69, 9.17) is 0 Å². The van der Waals surface area contributed by atoms with Gasteiger partial charge >= 0.3 is 0 Å². The van der Waals surface area contributed by atoms with Crippen molar-refractivity contribution in [2.24, 2.45) is 0 Å². The molecule has 1 unspecified atom stereocenters. The summed E-state index contributed by atoms with van der Waals surface area (Å²) in [7, 11) is 0. The molecule has 0 aliphatic heterocycles. The van der Waals surface area contributed by atoms with Crippen LogP contribution in [-0.4, -0.2) is 10.2 Å². The number of nitrogens with one attached hydrogen (secondary N) is 2. The van der Waals surface area contributed by atoms with Crippen molar-refractivity contribution >= 4 is 32.4 Å². The molecular weight excluding hydrogens is 302 g/mol. The van der Waals surface area contributed by atoms with Gasteiger partial charge in [0.1, 0.15) is 0 Å². The van der Waals surface area contributed by atoms with Crippen LogP contribution >= 0.6 is 15.9 Å². The van der Waals surface area contributed by atoms with Crippen LogP contribution < -0.4 is 5.32 Å². The van der Waals surface area contributed by atoms with E-state index in [1.165, 1.54) is 10.8 Å². The first kappa shape index (κ1) is 12.2. The largest absolute Gasteiger partial charge is 0.377 e. The Kier molecular flexibility index (Phi) is 3.25. The molecule has 0 bridgehead atoms. The number of H-pyrrole nitrogens is 1. The van der Waals surface area contributed by atoms with Gasteiger partial charge in [-0.1, -0.05) is 28.1 Å². The number of benzene rings is 2. The lowest BCUT2D eigenvalue weighted by atomic mass is 10.1. The van der Waals surface area contributed by atoms with Gasteiger partial charge in [0.15, 0.2) is 0 Å². The number of rotatable bonds is 3. The Hall–Kier alpha value is -1.81. The van der Waals surface area contributed by atoms with E-state index in [-0.39, 0.29) is 6.04 Å². The smallest absolute Gasteiger partial charge is 0.0651 e. The predicted molar refractivity (Wildman–Crippen MR) is 82.3 cm³/mol. The number of aromatic amines is 1. The summed E-state index contributed by atoms with van der Waals surface area (Å²) in [4.78, 5) is 0. The van der Waals surface area contributed by atoms with Crippen LogP contribution in [0, 0.1) is 0 Å². The second-order valence-corrected chi connectivity index (χ2v) is 5.50. The number of halogens is 1. The summed E-state index contributed by atoms with van der Waals surface area (Å²) in [6.45, 7) is 2.11. The zero-order chi connectivity index (χ0) is 13.2. The molecule has 4 heteroatoms. The summed E-state index contributed by atoms with van der Waals surface area (Å²) in [6.07, 6.45) is 1.77. The van der Waals surface area contributed by atoms with Crippen LogP contribution in [0.2, 0.25) is 0 Å². The standard InChI is InChI=1S/C15H14BrN3/c1-10(15-6-7-17-19-15)18-14-5-3-11-8-13(16)4-2-12(11)9-14/h2-10,18H,1H3,(H,17,19). The van der Waals surface area contributed by atoms with Gasteiger partial charge in [-0.3, -0.25) is 5.10 Å². The second kappa shape index (κ2) is 5.05. The molecule has 0 spiro atoms. The van der Waals surface area contributed by atoms with Gasteiger partial charge in [0.25, 0.3) is 0 Å². The Balaban J connectivity index is 1.87. The minimum Gasteiger partial charge on any atom is -0.377 e. The van der Waals surface area contributed by atoms with Crippen LogP contribution in [0.3, 0.4) is 0 Å². The average molecular weight is 316 g/mol. The zero-order valence-electron chi connectivity index (χ0n) is 10.5. The zero-order valence-corrected chi connectivity index (χ0v) is 12.1. The molecule has 0 saturated heterocycles. The lowest BCUT2D eigenvalue weighted by Crippen LogP contribution is -2.06. The predicted octanol–water partition coefficient (Wildman–Crippen LogP) is 4.50. The molecule has 19 heavy (non-hydrogen) atoms. The van der Waals surface area contributed by atoms with Gasteiger partial charge in [0.2, 0.25) is 0 Å². The lowest BCUT2D eigenvalue weighted by Gasteiger charge is -2.14. The molecule has 0 amide bonds. The van der Waals surface area contributed by atoms with Crippen molar-refractivity contribution in [1.29, 1.82) is 0 Å². The third kappa shape index (κ3) is 2.63. The molecule has 2 N–H and O–H groups in total. The minimum atomic E-state index is 0.204. The maximum Gasteiger partial charge on any atom is 0.0651 e. The quantitative estimate of drug-likeness (QED) is 0.747. The van der Waals surface area contributed by atoms with Crippen molar-refractivity contribution < 1.29 is 0 Å². The first-order valence-corrected chi connectivity index (χ1v) is 6.97. The Labute approximate surface area is 120 Å². The SMILES string of the molecule is CC(Nc1ccc2cc(Br)ccc2c1)c1ccn[nH]1. The molecule has 3 nitrogen and oxygen atoms in total. The highest BCUT2D eigenvalue weighted by Crippen LogP contribution is 2.25. The molecule has 0 radical (unpaired) electrons. The summed E-state index contributed by atoms with van der Waals surface area (Å²) in [5.74, 6) is 0. The summed E-state index contributed by atoms with van der Waals surface area (Å²) in [6, 6.07) is 14.9. The first-order chi connectivity index (χ1) is 9.22. The Morgan fingerprint density at radius 1 is 1.11 bits per heavy atom. The number of hydrogen-bond donors (Lipinski definition) is 2. The van der Waals surface area contributed by atoms with Crippen LogP contribution in [0.5, 0.6) is 0 Å². The van der Waals surface area contributed by atoms with Crippen molar-refractivity contribution in [3.05, 3.63) is 58.8 Å². The molecule has 1 aromatic heterocycles. The summed E-state index contributed by atoms with van der Waals surface area (Å²) in [5.41, 5.74) is 2.19. The van der Waals surface area contributed by atoms with Crippen LogP contribution in [0.15, 0.2) is 53.1 Å².